The van der Waals surface area contributed by atoms with Gasteiger partial charge in [-0.1, -0.05) is 29.8 Å². The monoisotopic (exact) mass is 420 g/mol. The Kier molecular flexibility index (Phi) is 5.04. The highest BCUT2D eigenvalue weighted by molar-refractivity contribution is 6.33. The first-order chi connectivity index (χ1) is 13.8. The third kappa shape index (κ3) is 3.85. The second kappa shape index (κ2) is 7.51. The van der Waals surface area contributed by atoms with E-state index in [0.717, 1.165) is 23.2 Å². The molecule has 0 radical (unpaired) electrons. The van der Waals surface area contributed by atoms with Gasteiger partial charge in [0.1, 0.15) is 5.82 Å². The third-order valence-corrected chi connectivity index (χ3v) is 5.17. The zero-order chi connectivity index (χ0) is 20.6. The summed E-state index contributed by atoms with van der Waals surface area (Å²) in [6.07, 6.45) is -2.10. The van der Waals surface area contributed by atoms with Crippen molar-refractivity contribution >= 4 is 34.2 Å². The molecule has 3 heterocycles. The molecule has 4 rings (SSSR count). The standard InChI is InChI=1S/C20H16ClF3N4O/c21-16-11-13(20(22,23)24)12-26-18(16)27-7-9-28(10-8-27)19(29)15-5-6-25-17-4-2-1-3-14(15)17/h1-6,11-12H,7-10H2. The van der Waals surface area contributed by atoms with E-state index in [1.54, 1.807) is 22.1 Å². The molecule has 3 aromatic rings. The van der Waals surface area contributed by atoms with Gasteiger partial charge in [0.25, 0.3) is 5.91 Å². The third-order valence-electron chi connectivity index (χ3n) is 4.89. The highest BCUT2D eigenvalue weighted by atomic mass is 35.5. The van der Waals surface area contributed by atoms with E-state index >= 15 is 0 Å². The van der Waals surface area contributed by atoms with Crippen LogP contribution < -0.4 is 4.90 Å². The lowest BCUT2D eigenvalue weighted by Gasteiger charge is -2.36. The molecule has 9 heteroatoms. The number of alkyl halides is 3. The summed E-state index contributed by atoms with van der Waals surface area (Å²) in [6.45, 7) is 1.67. The van der Waals surface area contributed by atoms with Crippen molar-refractivity contribution in [1.29, 1.82) is 0 Å². The van der Waals surface area contributed by atoms with Crippen LogP contribution in [0.2, 0.25) is 5.02 Å². The normalized spacial score (nSPS) is 15.0. The quantitative estimate of drug-likeness (QED) is 0.621. The van der Waals surface area contributed by atoms with Crippen molar-refractivity contribution in [1.82, 2.24) is 14.9 Å². The SMILES string of the molecule is O=C(c1ccnc2ccccc12)N1CCN(c2ncc(C(F)(F)F)cc2Cl)CC1. The molecule has 0 N–H and O–H groups in total. The maximum absolute atomic E-state index is 13.0. The molecule has 5 nitrogen and oxygen atoms in total. The van der Waals surface area contributed by atoms with Gasteiger partial charge in [-0.25, -0.2) is 4.98 Å². The molecule has 29 heavy (non-hydrogen) atoms. The minimum atomic E-state index is -4.49. The lowest BCUT2D eigenvalue weighted by molar-refractivity contribution is -0.137. The van der Waals surface area contributed by atoms with Crippen LogP contribution >= 0.6 is 11.6 Å². The summed E-state index contributed by atoms with van der Waals surface area (Å²) < 4.78 is 38.4. The number of rotatable bonds is 2. The number of para-hydroxylation sites is 1. The molecule has 1 amide bonds. The summed E-state index contributed by atoms with van der Waals surface area (Å²) in [6, 6.07) is 10.0. The number of aromatic nitrogens is 2. The summed E-state index contributed by atoms with van der Waals surface area (Å²) in [5.74, 6) is 0.191. The Morgan fingerprint density at radius 2 is 1.76 bits per heavy atom. The molecule has 1 aromatic carbocycles. The average molecular weight is 421 g/mol. The van der Waals surface area contributed by atoms with Crippen LogP contribution in [0.25, 0.3) is 10.9 Å². The predicted octanol–water partition coefficient (Wildman–Crippen LogP) is 4.26. The molecule has 0 unspecified atom stereocenters. The van der Waals surface area contributed by atoms with E-state index in [1.165, 1.54) is 0 Å². The van der Waals surface area contributed by atoms with E-state index in [4.69, 9.17) is 11.6 Å². The number of hydrogen-bond donors (Lipinski definition) is 0. The van der Waals surface area contributed by atoms with Gasteiger partial charge in [0.15, 0.2) is 0 Å². The average Bonchev–Trinajstić information content (AvgIpc) is 2.72. The van der Waals surface area contributed by atoms with Crippen LogP contribution in [-0.4, -0.2) is 47.0 Å². The number of nitrogens with zero attached hydrogens (tertiary/aromatic N) is 4. The Morgan fingerprint density at radius 3 is 2.45 bits per heavy atom. The van der Waals surface area contributed by atoms with E-state index in [-0.39, 0.29) is 10.9 Å². The van der Waals surface area contributed by atoms with Crippen LogP contribution in [0.15, 0.2) is 48.8 Å². The Balaban J connectivity index is 1.49. The van der Waals surface area contributed by atoms with Gasteiger partial charge in [0, 0.05) is 44.0 Å². The number of carbonyl (C=O) groups is 1. The highest BCUT2D eigenvalue weighted by Gasteiger charge is 2.32. The summed E-state index contributed by atoms with van der Waals surface area (Å²) in [5, 5.41) is 0.731. The maximum atomic E-state index is 13.0. The van der Waals surface area contributed by atoms with Crippen molar-refractivity contribution in [3.8, 4) is 0 Å². The van der Waals surface area contributed by atoms with Crippen LogP contribution in [0.3, 0.4) is 0 Å². The molecular weight excluding hydrogens is 405 g/mol. The number of piperazine rings is 1. The number of carbonyl (C=O) groups excluding carboxylic acids is 1. The first-order valence-electron chi connectivity index (χ1n) is 8.95. The molecule has 0 spiro atoms. The summed E-state index contributed by atoms with van der Waals surface area (Å²) >= 11 is 6.04. The van der Waals surface area contributed by atoms with Crippen molar-refractivity contribution in [2.45, 2.75) is 6.18 Å². The minimum absolute atomic E-state index is 0.0558. The molecule has 0 atom stereocenters. The number of fused-ring (bicyclic) bond motifs is 1. The summed E-state index contributed by atoms with van der Waals surface area (Å²) in [4.78, 5) is 24.7. The second-order valence-corrected chi connectivity index (χ2v) is 7.09. The topological polar surface area (TPSA) is 49.3 Å². The fourth-order valence-electron chi connectivity index (χ4n) is 3.39. The molecule has 1 fully saturated rings. The van der Waals surface area contributed by atoms with Gasteiger partial charge in [-0.15, -0.1) is 0 Å². The molecule has 0 bridgehead atoms. The van der Waals surface area contributed by atoms with Crippen molar-refractivity contribution in [2.75, 3.05) is 31.1 Å². The smallest absolute Gasteiger partial charge is 0.352 e. The molecule has 0 aliphatic carbocycles. The molecule has 1 aliphatic rings. The molecule has 1 aliphatic heterocycles. The Hall–Kier alpha value is -2.87. The highest BCUT2D eigenvalue weighted by Crippen LogP contribution is 2.33. The predicted molar refractivity (Wildman–Crippen MR) is 104 cm³/mol. The van der Waals surface area contributed by atoms with E-state index in [1.807, 2.05) is 24.3 Å². The zero-order valence-corrected chi connectivity index (χ0v) is 15.9. The molecule has 1 saturated heterocycles. The lowest BCUT2D eigenvalue weighted by Crippen LogP contribution is -2.49. The second-order valence-electron chi connectivity index (χ2n) is 6.68. The largest absolute Gasteiger partial charge is 0.417 e. The van der Waals surface area contributed by atoms with Crippen molar-refractivity contribution in [3.63, 3.8) is 0 Å². The number of pyridine rings is 2. The van der Waals surface area contributed by atoms with Crippen LogP contribution in [0.1, 0.15) is 15.9 Å². The van der Waals surface area contributed by atoms with Crippen molar-refractivity contribution in [3.05, 3.63) is 64.9 Å². The zero-order valence-electron chi connectivity index (χ0n) is 15.2. The Morgan fingerprint density at radius 1 is 1.03 bits per heavy atom. The van der Waals surface area contributed by atoms with Crippen molar-refractivity contribution < 1.29 is 18.0 Å². The maximum Gasteiger partial charge on any atom is 0.417 e. The van der Waals surface area contributed by atoms with Crippen molar-refractivity contribution in [2.24, 2.45) is 0 Å². The van der Waals surface area contributed by atoms with Gasteiger partial charge in [-0.3, -0.25) is 9.78 Å². The van der Waals surface area contributed by atoms with E-state index in [0.29, 0.717) is 37.6 Å². The molecule has 2 aromatic heterocycles. The number of halogens is 4. The van der Waals surface area contributed by atoms with Crippen LogP contribution in [-0.2, 0) is 6.18 Å². The van der Waals surface area contributed by atoms with E-state index < -0.39 is 11.7 Å². The molecular formula is C20H16ClF3N4O. The van der Waals surface area contributed by atoms with E-state index in [2.05, 4.69) is 9.97 Å². The van der Waals surface area contributed by atoms with Gasteiger partial charge in [-0.2, -0.15) is 13.2 Å². The summed E-state index contributed by atoms with van der Waals surface area (Å²) in [5.41, 5.74) is 0.442. The minimum Gasteiger partial charge on any atom is -0.352 e. The number of hydrogen-bond acceptors (Lipinski definition) is 4. The van der Waals surface area contributed by atoms with Gasteiger partial charge < -0.3 is 9.80 Å². The van der Waals surface area contributed by atoms with E-state index in [9.17, 15) is 18.0 Å². The lowest BCUT2D eigenvalue weighted by atomic mass is 10.1. The molecule has 0 saturated carbocycles. The van der Waals surface area contributed by atoms with Gasteiger partial charge in [-0.05, 0) is 18.2 Å². The number of benzene rings is 1. The first kappa shape index (κ1) is 19.4. The number of anilines is 1. The first-order valence-corrected chi connectivity index (χ1v) is 9.33. The Bertz CT molecular complexity index is 1060. The van der Waals surface area contributed by atoms with Gasteiger partial charge in [0.2, 0.25) is 0 Å². The Labute approximate surface area is 169 Å². The van der Waals surface area contributed by atoms with Crippen LogP contribution in [0.4, 0.5) is 19.0 Å². The molecule has 150 valence electrons. The van der Waals surface area contributed by atoms with Crippen LogP contribution in [0, 0.1) is 0 Å². The fourth-order valence-corrected chi connectivity index (χ4v) is 3.68. The summed E-state index contributed by atoms with van der Waals surface area (Å²) in [7, 11) is 0. The van der Waals surface area contributed by atoms with Gasteiger partial charge >= 0.3 is 6.18 Å². The number of amides is 1. The van der Waals surface area contributed by atoms with Gasteiger partial charge in [0.05, 0.1) is 21.7 Å². The van der Waals surface area contributed by atoms with Crippen LogP contribution in [0.5, 0.6) is 0 Å². The fraction of sp³-hybridized carbons (Fsp3) is 0.250.